The van der Waals surface area contributed by atoms with E-state index < -0.39 is 16.7 Å². The van der Waals surface area contributed by atoms with E-state index in [1.54, 1.807) is 6.07 Å². The summed E-state index contributed by atoms with van der Waals surface area (Å²) in [5, 5.41) is 20.1. The van der Waals surface area contributed by atoms with Gasteiger partial charge in [-0.15, -0.1) is 11.8 Å². The van der Waals surface area contributed by atoms with E-state index in [1.165, 1.54) is 24.3 Å². The highest BCUT2D eigenvalue weighted by Crippen LogP contribution is 2.39. The van der Waals surface area contributed by atoms with E-state index in [0.717, 1.165) is 27.8 Å². The number of non-ortho nitro benzene ring substituents is 1. The molecule has 0 saturated heterocycles. The van der Waals surface area contributed by atoms with Crippen LogP contribution in [0.5, 0.6) is 0 Å². The van der Waals surface area contributed by atoms with Crippen LogP contribution in [-0.4, -0.2) is 34.2 Å². The first-order chi connectivity index (χ1) is 13.3. The number of nitro groups is 1. The van der Waals surface area contributed by atoms with E-state index in [0.29, 0.717) is 11.3 Å². The normalized spacial score (nSPS) is 14.2. The van der Waals surface area contributed by atoms with Crippen molar-refractivity contribution in [3.8, 4) is 0 Å². The highest BCUT2D eigenvalue weighted by molar-refractivity contribution is 8.04. The minimum Gasteiger partial charge on any atom is -0.396 e. The first-order valence-corrected chi connectivity index (χ1v) is 9.52. The summed E-state index contributed by atoms with van der Waals surface area (Å²) in [5.74, 6) is -0.680. The number of imide groups is 1. The van der Waals surface area contributed by atoms with Gasteiger partial charge in [0.2, 0.25) is 0 Å². The summed E-state index contributed by atoms with van der Waals surface area (Å²) in [6.45, 7) is 3.60. The number of aliphatic hydroxyl groups excluding tert-OH is 1. The molecule has 0 spiro atoms. The van der Waals surface area contributed by atoms with Crippen LogP contribution in [0, 0.1) is 24.0 Å². The summed E-state index contributed by atoms with van der Waals surface area (Å²) in [5.41, 5.74) is 2.82. The van der Waals surface area contributed by atoms with Gasteiger partial charge in [-0.25, -0.2) is 4.90 Å². The van der Waals surface area contributed by atoms with Crippen molar-refractivity contribution >= 4 is 40.5 Å². The van der Waals surface area contributed by atoms with Gasteiger partial charge in [0, 0.05) is 17.9 Å². The van der Waals surface area contributed by atoms with Gasteiger partial charge in [0.05, 0.1) is 27.7 Å². The monoisotopic (exact) mass is 398 g/mol. The predicted molar refractivity (Wildman–Crippen MR) is 108 cm³/mol. The predicted octanol–water partition coefficient (Wildman–Crippen LogP) is 3.22. The topological polar surface area (TPSA) is 101 Å². The molecule has 2 aromatic carbocycles. The maximum Gasteiger partial charge on any atom is 0.272 e. The van der Waals surface area contributed by atoms with Crippen molar-refractivity contribution in [2.45, 2.75) is 13.8 Å². The molecule has 8 heteroatoms. The van der Waals surface area contributed by atoms with Crippen molar-refractivity contribution in [2.75, 3.05) is 17.3 Å². The Labute approximate surface area is 165 Å². The second-order valence-corrected chi connectivity index (χ2v) is 7.42. The number of hydrogen-bond acceptors (Lipinski definition) is 6. The molecule has 0 unspecified atom stereocenters. The highest BCUT2D eigenvalue weighted by Gasteiger charge is 2.40. The number of aryl methyl sites for hydroxylation is 2. The molecule has 0 aliphatic carbocycles. The zero-order chi connectivity index (χ0) is 20.4. The maximum atomic E-state index is 13.2. The van der Waals surface area contributed by atoms with Crippen molar-refractivity contribution < 1.29 is 19.6 Å². The molecule has 2 amide bonds. The summed E-state index contributed by atoms with van der Waals surface area (Å²) in [6, 6.07) is 11.0. The van der Waals surface area contributed by atoms with Gasteiger partial charge >= 0.3 is 0 Å². The van der Waals surface area contributed by atoms with Crippen LogP contribution in [0.3, 0.4) is 0 Å². The Morgan fingerprint density at radius 2 is 1.75 bits per heavy atom. The molecule has 0 radical (unpaired) electrons. The van der Waals surface area contributed by atoms with Crippen LogP contribution in [0.4, 0.5) is 11.4 Å². The summed E-state index contributed by atoms with van der Waals surface area (Å²) < 4.78 is 0. The van der Waals surface area contributed by atoms with Crippen LogP contribution < -0.4 is 4.90 Å². The van der Waals surface area contributed by atoms with Gasteiger partial charge in [0.15, 0.2) is 0 Å². The van der Waals surface area contributed by atoms with Crippen molar-refractivity contribution in [1.82, 2.24) is 0 Å². The van der Waals surface area contributed by atoms with Gasteiger partial charge in [0.25, 0.3) is 17.5 Å². The lowest BCUT2D eigenvalue weighted by atomic mass is 10.1. The lowest BCUT2D eigenvalue weighted by molar-refractivity contribution is -0.384. The Bertz CT molecular complexity index is 998. The van der Waals surface area contributed by atoms with Crippen molar-refractivity contribution in [2.24, 2.45) is 0 Å². The number of carbonyl (C=O) groups excluding carboxylic acids is 2. The fourth-order valence-electron chi connectivity index (χ4n) is 3.07. The largest absolute Gasteiger partial charge is 0.396 e. The first kappa shape index (κ1) is 19.8. The summed E-state index contributed by atoms with van der Waals surface area (Å²) >= 11 is 1.10. The Morgan fingerprint density at radius 3 is 2.32 bits per heavy atom. The average molecular weight is 398 g/mol. The lowest BCUT2D eigenvalue weighted by Crippen LogP contribution is -2.32. The molecular weight excluding hydrogens is 380 g/mol. The minimum atomic E-state index is -0.525. The molecule has 0 bridgehead atoms. The maximum absolute atomic E-state index is 13.2. The van der Waals surface area contributed by atoms with Gasteiger partial charge in [-0.1, -0.05) is 17.7 Å². The molecule has 7 nitrogen and oxygen atoms in total. The highest BCUT2D eigenvalue weighted by atomic mass is 32.2. The molecule has 0 saturated carbocycles. The fraction of sp³-hybridized carbons (Fsp3) is 0.200. The molecule has 3 rings (SSSR count). The zero-order valence-electron chi connectivity index (χ0n) is 15.3. The molecule has 2 aromatic rings. The number of thioether (sulfide) groups is 1. The number of nitro benzene ring substituents is 1. The van der Waals surface area contributed by atoms with Crippen LogP contribution in [0.1, 0.15) is 16.7 Å². The Hall–Kier alpha value is -2.97. The average Bonchev–Trinajstić information content (AvgIpc) is 2.90. The summed E-state index contributed by atoms with van der Waals surface area (Å²) in [6.07, 6.45) is 0. The van der Waals surface area contributed by atoms with Crippen molar-refractivity contribution in [3.05, 3.63) is 74.2 Å². The smallest absolute Gasteiger partial charge is 0.272 e. The third-order valence-electron chi connectivity index (χ3n) is 4.34. The van der Waals surface area contributed by atoms with Gasteiger partial charge in [0.1, 0.15) is 0 Å². The quantitative estimate of drug-likeness (QED) is 0.455. The first-order valence-electron chi connectivity index (χ1n) is 8.54. The van der Waals surface area contributed by atoms with Crippen LogP contribution in [0.25, 0.3) is 5.57 Å². The number of anilines is 1. The standard InChI is InChI=1S/C20H18N2O5S/c1-12-3-8-16(13(2)11-12)21-19(24)17(18(20(21)25)28-10-9-23)14-4-6-15(7-5-14)22(26)27/h3-8,11,23H,9-10H2,1-2H3. The molecule has 1 aliphatic heterocycles. The van der Waals surface area contributed by atoms with Gasteiger partial charge < -0.3 is 5.11 Å². The van der Waals surface area contributed by atoms with Gasteiger partial charge in [-0.3, -0.25) is 19.7 Å². The lowest BCUT2D eigenvalue weighted by Gasteiger charge is -2.18. The number of nitrogens with zero attached hydrogens (tertiary/aromatic N) is 2. The zero-order valence-corrected chi connectivity index (χ0v) is 16.2. The third-order valence-corrected chi connectivity index (χ3v) is 5.39. The molecule has 1 N–H and O–H groups in total. The van der Waals surface area contributed by atoms with E-state index >= 15 is 0 Å². The van der Waals surface area contributed by atoms with Crippen LogP contribution in [0.15, 0.2) is 47.4 Å². The molecule has 0 aromatic heterocycles. The summed E-state index contributed by atoms with van der Waals surface area (Å²) in [7, 11) is 0. The molecule has 28 heavy (non-hydrogen) atoms. The van der Waals surface area contributed by atoms with Gasteiger partial charge in [-0.2, -0.15) is 0 Å². The van der Waals surface area contributed by atoms with E-state index in [4.69, 9.17) is 5.11 Å². The van der Waals surface area contributed by atoms with Crippen LogP contribution >= 0.6 is 11.8 Å². The Kier molecular flexibility index (Phi) is 5.62. The molecule has 0 atom stereocenters. The number of rotatable bonds is 6. The molecule has 144 valence electrons. The minimum absolute atomic E-state index is 0.100. The third kappa shape index (κ3) is 3.56. The fourth-order valence-corrected chi connectivity index (χ4v) is 3.93. The van der Waals surface area contributed by atoms with Crippen LogP contribution in [-0.2, 0) is 9.59 Å². The number of carbonyl (C=O) groups is 2. The molecule has 1 heterocycles. The van der Waals surface area contributed by atoms with E-state index in [9.17, 15) is 19.7 Å². The number of amides is 2. The Balaban J connectivity index is 2.08. The van der Waals surface area contributed by atoms with Crippen molar-refractivity contribution in [1.29, 1.82) is 0 Å². The number of hydrogen-bond donors (Lipinski definition) is 1. The van der Waals surface area contributed by atoms with E-state index in [1.807, 2.05) is 26.0 Å². The molecule has 0 fully saturated rings. The molecule has 1 aliphatic rings. The molecular formula is C20H18N2O5S. The Morgan fingerprint density at radius 1 is 1.07 bits per heavy atom. The summed E-state index contributed by atoms with van der Waals surface area (Å²) in [4.78, 5) is 38.0. The van der Waals surface area contributed by atoms with Gasteiger partial charge in [-0.05, 0) is 43.2 Å². The van der Waals surface area contributed by atoms with Crippen LogP contribution in [0.2, 0.25) is 0 Å². The number of aliphatic hydroxyl groups is 1. The van der Waals surface area contributed by atoms with E-state index in [2.05, 4.69) is 0 Å². The second kappa shape index (κ2) is 7.95. The second-order valence-electron chi connectivity index (χ2n) is 6.32. The SMILES string of the molecule is Cc1ccc(N2C(=O)C(SCCO)=C(c3ccc([N+](=O)[O-])cc3)C2=O)c(C)c1. The van der Waals surface area contributed by atoms with Crippen molar-refractivity contribution in [3.63, 3.8) is 0 Å². The number of benzene rings is 2. The van der Waals surface area contributed by atoms with E-state index in [-0.39, 0.29) is 28.5 Å².